The number of benzene rings is 1. The summed E-state index contributed by atoms with van der Waals surface area (Å²) >= 11 is 0. The number of ether oxygens (including phenoxy) is 2. The van der Waals surface area contributed by atoms with Gasteiger partial charge in [0.2, 0.25) is 11.8 Å². The molecule has 0 aromatic heterocycles. The molecule has 2 aliphatic rings. The molecule has 0 spiro atoms. The van der Waals surface area contributed by atoms with Gasteiger partial charge in [-0.3, -0.25) is 9.59 Å². The number of amides is 3. The van der Waals surface area contributed by atoms with Gasteiger partial charge < -0.3 is 30.5 Å². The molecule has 1 aromatic rings. The first kappa shape index (κ1) is 27.9. The van der Waals surface area contributed by atoms with E-state index in [1.165, 1.54) is 0 Å². The number of hydrogen-bond donors (Lipinski definition) is 4. The van der Waals surface area contributed by atoms with Crippen LogP contribution in [-0.2, 0) is 25.5 Å². The molecule has 2 heterocycles. The molecule has 0 fully saturated rings. The monoisotopic (exact) mass is 491 g/mol. The van der Waals surface area contributed by atoms with Crippen LogP contribution in [0, 0.1) is 5.92 Å². The average Bonchev–Trinajstić information content (AvgIpc) is 2.74. The molecule has 35 heavy (non-hydrogen) atoms. The standard InChI is InChI=1S/C25H37N3O7/c1-15(2)20-22(30)26-19(23(31)32)14-16-9-11-17(12-10-16)34-13-7-6-8-18(21(29)28-20)27-24(33)35-25(3,4)5/h9-12,15,18-20H,6-8,13-14H2,1-5H3,(H,26,30)(H,27,33)(H,28,29)(H,31,32)/t18-,19-,20-/m0/s1. The van der Waals surface area contributed by atoms with Crippen molar-refractivity contribution in [2.45, 2.75) is 84.0 Å². The van der Waals surface area contributed by atoms with E-state index in [1.54, 1.807) is 58.9 Å². The Labute approximate surface area is 206 Å². The van der Waals surface area contributed by atoms with Crippen LogP contribution in [0.5, 0.6) is 5.75 Å². The summed E-state index contributed by atoms with van der Waals surface area (Å²) in [4.78, 5) is 50.3. The molecule has 0 saturated heterocycles. The van der Waals surface area contributed by atoms with Gasteiger partial charge in [-0.15, -0.1) is 0 Å². The Balaban J connectivity index is 2.28. The highest BCUT2D eigenvalue weighted by Gasteiger charge is 2.32. The van der Waals surface area contributed by atoms with Crippen LogP contribution in [0.4, 0.5) is 4.79 Å². The van der Waals surface area contributed by atoms with E-state index in [4.69, 9.17) is 9.47 Å². The fraction of sp³-hybridized carbons (Fsp3) is 0.600. The number of aliphatic carboxylic acids is 1. The fourth-order valence-corrected chi connectivity index (χ4v) is 3.57. The van der Waals surface area contributed by atoms with Crippen molar-refractivity contribution in [1.29, 1.82) is 0 Å². The van der Waals surface area contributed by atoms with Gasteiger partial charge in [0.1, 0.15) is 29.5 Å². The Hall–Kier alpha value is -3.30. The van der Waals surface area contributed by atoms with Crippen LogP contribution in [0.3, 0.4) is 0 Å². The molecule has 0 radical (unpaired) electrons. The zero-order valence-corrected chi connectivity index (χ0v) is 21.1. The number of carbonyl (C=O) groups excluding carboxylic acids is 3. The van der Waals surface area contributed by atoms with Gasteiger partial charge in [-0.2, -0.15) is 0 Å². The molecule has 0 unspecified atom stereocenters. The summed E-state index contributed by atoms with van der Waals surface area (Å²) < 4.78 is 11.0. The Morgan fingerprint density at radius 3 is 2.31 bits per heavy atom. The van der Waals surface area contributed by atoms with Gasteiger partial charge >= 0.3 is 12.1 Å². The maximum Gasteiger partial charge on any atom is 0.408 e. The molecule has 1 aromatic carbocycles. The largest absolute Gasteiger partial charge is 0.494 e. The highest BCUT2D eigenvalue weighted by Crippen LogP contribution is 2.16. The van der Waals surface area contributed by atoms with Crippen molar-refractivity contribution in [2.24, 2.45) is 5.92 Å². The van der Waals surface area contributed by atoms with Gasteiger partial charge in [0, 0.05) is 6.42 Å². The minimum atomic E-state index is -1.19. The smallest absolute Gasteiger partial charge is 0.408 e. The number of fused-ring (bicyclic) bond motifs is 14. The average molecular weight is 492 g/mol. The Morgan fingerprint density at radius 1 is 1.09 bits per heavy atom. The van der Waals surface area contributed by atoms with E-state index >= 15 is 0 Å². The highest BCUT2D eigenvalue weighted by molar-refractivity contribution is 5.93. The molecular weight excluding hydrogens is 454 g/mol. The van der Waals surface area contributed by atoms with Crippen molar-refractivity contribution < 1.29 is 33.8 Å². The minimum absolute atomic E-state index is 0.0724. The molecular formula is C25H37N3O7. The third-order valence-electron chi connectivity index (χ3n) is 5.39. The lowest BCUT2D eigenvalue weighted by Crippen LogP contribution is -2.57. The second kappa shape index (κ2) is 12.4. The summed E-state index contributed by atoms with van der Waals surface area (Å²) in [7, 11) is 0. The van der Waals surface area contributed by atoms with Gasteiger partial charge in [-0.25, -0.2) is 9.59 Å². The topological polar surface area (TPSA) is 143 Å². The van der Waals surface area contributed by atoms with E-state index in [-0.39, 0.29) is 12.3 Å². The number of rotatable bonds is 3. The first-order valence-electron chi connectivity index (χ1n) is 11.9. The molecule has 4 N–H and O–H groups in total. The molecule has 3 rings (SSSR count). The number of carbonyl (C=O) groups is 4. The molecule has 10 heteroatoms. The minimum Gasteiger partial charge on any atom is -0.494 e. The van der Waals surface area contributed by atoms with Crippen molar-refractivity contribution in [2.75, 3.05) is 6.61 Å². The van der Waals surface area contributed by atoms with Gasteiger partial charge in [-0.1, -0.05) is 26.0 Å². The van der Waals surface area contributed by atoms with E-state index < -0.39 is 47.6 Å². The molecule has 10 nitrogen and oxygen atoms in total. The lowest BCUT2D eigenvalue weighted by molar-refractivity contribution is -0.142. The fourth-order valence-electron chi connectivity index (χ4n) is 3.57. The molecule has 0 saturated carbocycles. The van der Waals surface area contributed by atoms with Crippen LogP contribution in [0.2, 0.25) is 0 Å². The maximum atomic E-state index is 13.1. The normalized spacial score (nSPS) is 22.4. The number of carboxylic acids is 1. The van der Waals surface area contributed by atoms with Crippen molar-refractivity contribution in [3.05, 3.63) is 29.8 Å². The Bertz CT molecular complexity index is 893. The number of nitrogens with one attached hydrogen (secondary N) is 3. The molecule has 0 aliphatic carbocycles. The predicted molar refractivity (Wildman–Crippen MR) is 129 cm³/mol. The second-order valence-electron chi connectivity index (χ2n) is 10.0. The lowest BCUT2D eigenvalue weighted by atomic mass is 10.0. The quantitative estimate of drug-likeness (QED) is 0.508. The van der Waals surface area contributed by atoms with Crippen LogP contribution < -0.4 is 20.7 Å². The van der Waals surface area contributed by atoms with Crippen molar-refractivity contribution in [1.82, 2.24) is 16.0 Å². The van der Waals surface area contributed by atoms with Crippen LogP contribution in [-0.4, -0.2) is 59.3 Å². The van der Waals surface area contributed by atoms with Gasteiger partial charge in [0.25, 0.3) is 0 Å². The lowest BCUT2D eigenvalue weighted by Gasteiger charge is -2.27. The van der Waals surface area contributed by atoms with E-state index in [9.17, 15) is 24.3 Å². The number of carboxylic acid groups (broad SMARTS) is 1. The first-order valence-corrected chi connectivity index (χ1v) is 11.9. The number of hydrogen-bond acceptors (Lipinski definition) is 6. The Kier molecular flexibility index (Phi) is 9.91. The van der Waals surface area contributed by atoms with Crippen molar-refractivity contribution >= 4 is 23.9 Å². The van der Waals surface area contributed by atoms with Crippen LogP contribution in [0.25, 0.3) is 0 Å². The van der Waals surface area contributed by atoms with E-state index in [2.05, 4.69) is 16.0 Å². The highest BCUT2D eigenvalue weighted by atomic mass is 16.6. The van der Waals surface area contributed by atoms with Crippen molar-refractivity contribution in [3.8, 4) is 5.75 Å². The number of alkyl carbamates (subject to hydrolysis) is 1. The molecule has 2 bridgehead atoms. The van der Waals surface area contributed by atoms with Gasteiger partial charge in [0.05, 0.1) is 6.61 Å². The predicted octanol–water partition coefficient (Wildman–Crippen LogP) is 2.40. The zero-order valence-electron chi connectivity index (χ0n) is 21.1. The zero-order chi connectivity index (χ0) is 26.2. The van der Waals surface area contributed by atoms with Gasteiger partial charge in [-0.05, 0) is 63.6 Å². The summed E-state index contributed by atoms with van der Waals surface area (Å²) in [5, 5.41) is 17.5. The summed E-state index contributed by atoms with van der Waals surface area (Å²) in [6.45, 7) is 9.05. The van der Waals surface area contributed by atoms with Crippen LogP contribution in [0.15, 0.2) is 24.3 Å². The SMILES string of the molecule is CC(C)[C@@H]1NC(=O)[C@@H](NC(=O)OC(C)(C)C)CCCCOc2ccc(cc2)C[C@@H](C(=O)O)NC1=O. The van der Waals surface area contributed by atoms with E-state index in [0.717, 1.165) is 5.56 Å². The summed E-state index contributed by atoms with van der Waals surface area (Å²) in [5.74, 6) is -2.04. The van der Waals surface area contributed by atoms with E-state index in [0.29, 0.717) is 31.6 Å². The molecule has 3 amide bonds. The van der Waals surface area contributed by atoms with Crippen LogP contribution >= 0.6 is 0 Å². The summed E-state index contributed by atoms with van der Waals surface area (Å²) in [6, 6.07) is 3.92. The molecule has 3 atom stereocenters. The van der Waals surface area contributed by atoms with E-state index in [1.807, 2.05) is 0 Å². The molecule has 194 valence electrons. The maximum absolute atomic E-state index is 13.1. The third kappa shape index (κ3) is 9.46. The third-order valence-corrected chi connectivity index (χ3v) is 5.39. The summed E-state index contributed by atoms with van der Waals surface area (Å²) in [6.07, 6.45) is 0.846. The van der Waals surface area contributed by atoms with Crippen LogP contribution in [0.1, 0.15) is 59.4 Å². The summed E-state index contributed by atoms with van der Waals surface area (Å²) in [5.41, 5.74) is -0.0200. The van der Waals surface area contributed by atoms with Crippen molar-refractivity contribution in [3.63, 3.8) is 0 Å². The second-order valence-corrected chi connectivity index (χ2v) is 10.0. The Morgan fingerprint density at radius 2 is 1.74 bits per heavy atom. The molecule has 2 aliphatic heterocycles. The van der Waals surface area contributed by atoms with Gasteiger partial charge in [0.15, 0.2) is 0 Å². The first-order chi connectivity index (χ1) is 16.4.